The highest BCUT2D eigenvalue weighted by molar-refractivity contribution is 5.72. The van der Waals surface area contributed by atoms with Crippen molar-refractivity contribution in [3.8, 4) is 0 Å². The number of rotatable bonds is 1. The summed E-state index contributed by atoms with van der Waals surface area (Å²) in [5.41, 5.74) is -0.333. The molecule has 0 bridgehead atoms. The minimum Gasteiger partial charge on any atom is -0.460 e. The predicted molar refractivity (Wildman–Crippen MR) is 57.0 cm³/mol. The lowest BCUT2D eigenvalue weighted by atomic mass is 9.83. The lowest BCUT2D eigenvalue weighted by Crippen LogP contribution is -2.30. The van der Waals surface area contributed by atoms with Gasteiger partial charge in [0.1, 0.15) is 5.60 Å². The molecular weight excluding hydrogens is 176 g/mol. The fourth-order valence-corrected chi connectivity index (χ4v) is 1.88. The molecule has 1 aliphatic rings. The highest BCUT2D eigenvalue weighted by Gasteiger charge is 2.28. The van der Waals surface area contributed by atoms with Gasteiger partial charge >= 0.3 is 5.97 Å². The van der Waals surface area contributed by atoms with Gasteiger partial charge in [0, 0.05) is 0 Å². The first-order valence-electron chi connectivity index (χ1n) is 5.61. The lowest BCUT2D eigenvalue weighted by Gasteiger charge is -2.28. The van der Waals surface area contributed by atoms with Crippen molar-refractivity contribution in [2.24, 2.45) is 11.8 Å². The summed E-state index contributed by atoms with van der Waals surface area (Å²) in [6.07, 6.45) is 4.36. The van der Waals surface area contributed by atoms with E-state index in [1.807, 2.05) is 20.8 Å². The van der Waals surface area contributed by atoms with Crippen LogP contribution in [0.15, 0.2) is 0 Å². The first-order valence-corrected chi connectivity index (χ1v) is 5.61. The molecule has 1 saturated carbocycles. The third kappa shape index (κ3) is 3.69. The zero-order valence-corrected chi connectivity index (χ0v) is 9.80. The quantitative estimate of drug-likeness (QED) is 0.605. The Kier molecular flexibility index (Phi) is 3.57. The molecule has 14 heavy (non-hydrogen) atoms. The molecule has 1 rings (SSSR count). The fourth-order valence-electron chi connectivity index (χ4n) is 1.88. The van der Waals surface area contributed by atoms with E-state index in [1.165, 1.54) is 12.8 Å². The zero-order chi connectivity index (χ0) is 10.8. The van der Waals surface area contributed by atoms with E-state index in [-0.39, 0.29) is 17.5 Å². The maximum atomic E-state index is 11.7. The molecule has 0 aliphatic heterocycles. The first-order chi connectivity index (χ1) is 6.38. The highest BCUT2D eigenvalue weighted by atomic mass is 16.6. The van der Waals surface area contributed by atoms with Crippen molar-refractivity contribution in [3.05, 3.63) is 0 Å². The van der Waals surface area contributed by atoms with Gasteiger partial charge in [-0.05, 0) is 52.4 Å². The molecule has 0 amide bonds. The van der Waals surface area contributed by atoms with Crippen molar-refractivity contribution in [2.45, 2.75) is 59.0 Å². The van der Waals surface area contributed by atoms with E-state index < -0.39 is 0 Å². The van der Waals surface area contributed by atoms with Crippen LogP contribution in [0.2, 0.25) is 0 Å². The summed E-state index contributed by atoms with van der Waals surface area (Å²) in [5.74, 6) is 0.948. The minimum absolute atomic E-state index is 0.00407. The van der Waals surface area contributed by atoms with Gasteiger partial charge in [-0.1, -0.05) is 6.92 Å². The predicted octanol–water partition coefficient (Wildman–Crippen LogP) is 3.15. The third-order valence-corrected chi connectivity index (χ3v) is 2.76. The van der Waals surface area contributed by atoms with Gasteiger partial charge in [0.2, 0.25) is 0 Å². The summed E-state index contributed by atoms with van der Waals surface area (Å²) in [5, 5.41) is 0. The van der Waals surface area contributed by atoms with Gasteiger partial charge in [0.25, 0.3) is 0 Å². The third-order valence-electron chi connectivity index (χ3n) is 2.76. The molecule has 0 aromatic rings. The Balaban J connectivity index is 2.38. The Bertz CT molecular complexity index is 195. The molecule has 2 nitrogen and oxygen atoms in total. The molecule has 0 spiro atoms. The molecular formula is C12H22O2. The molecule has 0 heterocycles. The van der Waals surface area contributed by atoms with E-state index in [1.54, 1.807) is 0 Å². The molecule has 1 fully saturated rings. The summed E-state index contributed by atoms with van der Waals surface area (Å²) >= 11 is 0. The molecule has 2 heteroatoms. The summed E-state index contributed by atoms with van der Waals surface area (Å²) in [7, 11) is 0. The summed E-state index contributed by atoms with van der Waals surface area (Å²) < 4.78 is 5.37. The fraction of sp³-hybridized carbons (Fsp3) is 0.917. The van der Waals surface area contributed by atoms with E-state index in [0.717, 1.165) is 18.8 Å². The molecule has 82 valence electrons. The second-order valence-electron chi connectivity index (χ2n) is 5.49. The van der Waals surface area contributed by atoms with Crippen LogP contribution in [0, 0.1) is 11.8 Å². The molecule has 0 aromatic heterocycles. The number of hydrogen-bond acceptors (Lipinski definition) is 2. The average Bonchev–Trinajstić information content (AvgIpc) is 2.02. The normalized spacial score (nSPS) is 28.6. The topological polar surface area (TPSA) is 26.3 Å². The van der Waals surface area contributed by atoms with E-state index in [0.29, 0.717) is 0 Å². The van der Waals surface area contributed by atoms with Crippen LogP contribution in [0.5, 0.6) is 0 Å². The van der Waals surface area contributed by atoms with Crippen molar-refractivity contribution in [3.63, 3.8) is 0 Å². The Hall–Kier alpha value is -0.530. The van der Waals surface area contributed by atoms with Crippen LogP contribution in [0.3, 0.4) is 0 Å². The van der Waals surface area contributed by atoms with E-state index >= 15 is 0 Å². The standard InChI is InChI=1S/C12H22O2/c1-9-5-7-10(8-6-9)11(13)14-12(2,3)4/h9-10H,5-8H2,1-4H3/t9-,10+. The van der Waals surface area contributed by atoms with Gasteiger partial charge in [-0.2, -0.15) is 0 Å². The largest absolute Gasteiger partial charge is 0.460 e. The molecule has 0 saturated heterocycles. The maximum Gasteiger partial charge on any atom is 0.309 e. The van der Waals surface area contributed by atoms with Crippen molar-refractivity contribution in [2.75, 3.05) is 0 Å². The minimum atomic E-state index is -0.333. The van der Waals surface area contributed by atoms with Crippen molar-refractivity contribution < 1.29 is 9.53 Å². The second kappa shape index (κ2) is 4.33. The summed E-state index contributed by atoms with van der Waals surface area (Å²) in [4.78, 5) is 11.7. The van der Waals surface area contributed by atoms with Crippen molar-refractivity contribution in [1.29, 1.82) is 0 Å². The SMILES string of the molecule is CC(C)(C)OC(=O)[C@H]1CC[C@@H](C)CC1. The Morgan fingerprint density at radius 1 is 1.14 bits per heavy atom. The maximum absolute atomic E-state index is 11.7. The van der Waals surface area contributed by atoms with Crippen LogP contribution in [0.1, 0.15) is 53.4 Å². The monoisotopic (exact) mass is 198 g/mol. The summed E-state index contributed by atoms with van der Waals surface area (Å²) in [6, 6.07) is 0. The Labute approximate surface area is 87.0 Å². The number of carbonyl (C=O) groups is 1. The summed E-state index contributed by atoms with van der Waals surface area (Å²) in [6.45, 7) is 8.04. The van der Waals surface area contributed by atoms with Gasteiger partial charge in [-0.25, -0.2) is 0 Å². The van der Waals surface area contributed by atoms with E-state index in [2.05, 4.69) is 6.92 Å². The molecule has 0 radical (unpaired) electrons. The van der Waals surface area contributed by atoms with Crippen LogP contribution in [-0.2, 0) is 9.53 Å². The van der Waals surface area contributed by atoms with E-state index in [9.17, 15) is 4.79 Å². The van der Waals surface area contributed by atoms with Gasteiger partial charge < -0.3 is 4.74 Å². The number of ether oxygens (including phenoxy) is 1. The second-order valence-corrected chi connectivity index (χ2v) is 5.49. The number of carbonyl (C=O) groups excluding carboxylic acids is 1. The van der Waals surface area contributed by atoms with Gasteiger partial charge in [-0.15, -0.1) is 0 Å². The van der Waals surface area contributed by atoms with Crippen LogP contribution < -0.4 is 0 Å². The molecule has 0 N–H and O–H groups in total. The Morgan fingerprint density at radius 3 is 2.07 bits per heavy atom. The number of esters is 1. The molecule has 1 aliphatic carbocycles. The molecule has 0 unspecified atom stereocenters. The highest BCUT2D eigenvalue weighted by Crippen LogP contribution is 2.29. The number of hydrogen-bond donors (Lipinski definition) is 0. The van der Waals surface area contributed by atoms with Crippen LogP contribution in [0.25, 0.3) is 0 Å². The molecule has 0 aromatic carbocycles. The first kappa shape index (κ1) is 11.5. The lowest BCUT2D eigenvalue weighted by molar-refractivity contribution is -0.161. The van der Waals surface area contributed by atoms with Crippen LogP contribution in [0.4, 0.5) is 0 Å². The average molecular weight is 198 g/mol. The zero-order valence-electron chi connectivity index (χ0n) is 9.80. The van der Waals surface area contributed by atoms with Gasteiger partial charge in [-0.3, -0.25) is 4.79 Å². The Morgan fingerprint density at radius 2 is 1.64 bits per heavy atom. The van der Waals surface area contributed by atoms with Crippen molar-refractivity contribution in [1.82, 2.24) is 0 Å². The smallest absolute Gasteiger partial charge is 0.309 e. The van der Waals surface area contributed by atoms with Crippen molar-refractivity contribution >= 4 is 5.97 Å². The van der Waals surface area contributed by atoms with Crippen LogP contribution >= 0.6 is 0 Å². The van der Waals surface area contributed by atoms with Gasteiger partial charge in [0.05, 0.1) is 5.92 Å². The van der Waals surface area contributed by atoms with Gasteiger partial charge in [0.15, 0.2) is 0 Å². The molecule has 0 atom stereocenters. The van der Waals surface area contributed by atoms with E-state index in [4.69, 9.17) is 4.74 Å². The van der Waals surface area contributed by atoms with Crippen LogP contribution in [-0.4, -0.2) is 11.6 Å².